The van der Waals surface area contributed by atoms with E-state index in [1.807, 2.05) is 0 Å². The Morgan fingerprint density at radius 3 is 2.49 bits per heavy atom. The molecule has 0 spiro atoms. The average molecular weight is 538 g/mol. The van der Waals surface area contributed by atoms with Crippen molar-refractivity contribution in [1.29, 1.82) is 0 Å². The number of nitrogens with one attached hydrogen (secondary N) is 1. The molecule has 3 rings (SSSR count). The molecule has 0 saturated heterocycles. The van der Waals surface area contributed by atoms with Gasteiger partial charge in [0, 0.05) is 42.3 Å². The quantitative estimate of drug-likeness (QED) is 0.329. The van der Waals surface area contributed by atoms with Crippen molar-refractivity contribution < 1.29 is 17.2 Å². The van der Waals surface area contributed by atoms with Gasteiger partial charge >= 0.3 is 0 Å². The Morgan fingerprint density at radius 2 is 1.89 bits per heavy atom. The van der Waals surface area contributed by atoms with Crippen molar-refractivity contribution in [3.05, 3.63) is 75.0 Å². The molecule has 11 heteroatoms. The van der Waals surface area contributed by atoms with Gasteiger partial charge in [0.15, 0.2) is 8.32 Å². The van der Waals surface area contributed by atoms with Crippen LogP contribution in [0.15, 0.2) is 52.7 Å². The van der Waals surface area contributed by atoms with Crippen molar-refractivity contribution in [3.63, 3.8) is 0 Å². The van der Waals surface area contributed by atoms with E-state index in [0.29, 0.717) is 11.1 Å². The maximum absolute atomic E-state index is 14.5. The number of pyridine rings is 1. The summed E-state index contributed by atoms with van der Waals surface area (Å²) in [6.07, 6.45) is 3.79. The molecule has 1 atom stereocenters. The van der Waals surface area contributed by atoms with Crippen LogP contribution in [0.25, 0.3) is 11.3 Å². The number of aromatic amines is 1. The molecule has 1 aromatic carbocycles. The molecular weight excluding hydrogens is 509 g/mol. The first-order valence-corrected chi connectivity index (χ1v) is 16.1. The zero-order valence-corrected chi connectivity index (χ0v) is 23.1. The summed E-state index contributed by atoms with van der Waals surface area (Å²) >= 11 is 5.92. The van der Waals surface area contributed by atoms with Crippen molar-refractivity contribution in [2.75, 3.05) is 12.9 Å². The highest BCUT2D eigenvalue weighted by Crippen LogP contribution is 2.39. The van der Waals surface area contributed by atoms with Crippen LogP contribution in [0.1, 0.15) is 37.8 Å². The lowest BCUT2D eigenvalue weighted by atomic mass is 9.88. The number of nitrogens with zero attached hydrogens (tertiary/aromatic N) is 2. The molecular formula is C24H29ClFN3O4SSi. The van der Waals surface area contributed by atoms with Gasteiger partial charge in [-0.3, -0.25) is 4.79 Å². The largest absolute Gasteiger partial charge is 0.416 e. The van der Waals surface area contributed by atoms with Crippen molar-refractivity contribution in [3.8, 4) is 11.3 Å². The second-order valence-corrected chi connectivity index (χ2v) is 17.1. The molecule has 35 heavy (non-hydrogen) atoms. The van der Waals surface area contributed by atoms with Gasteiger partial charge in [0.05, 0.1) is 10.7 Å². The van der Waals surface area contributed by atoms with Gasteiger partial charge in [-0.05, 0) is 48.0 Å². The Balaban J connectivity index is 2.22. The summed E-state index contributed by atoms with van der Waals surface area (Å²) in [7, 11) is -5.92. The zero-order chi connectivity index (χ0) is 26.2. The van der Waals surface area contributed by atoms with Crippen LogP contribution >= 0.6 is 11.6 Å². The van der Waals surface area contributed by atoms with Crippen LogP contribution in [-0.2, 0) is 14.3 Å². The first-order valence-electron chi connectivity index (χ1n) is 11.0. The maximum Gasteiger partial charge on any atom is 0.252 e. The minimum atomic E-state index is -3.68. The van der Waals surface area contributed by atoms with Crippen LogP contribution in [-0.4, -0.2) is 44.5 Å². The molecule has 3 aromatic rings. The van der Waals surface area contributed by atoms with E-state index < -0.39 is 35.4 Å². The van der Waals surface area contributed by atoms with E-state index in [-0.39, 0.29) is 33.1 Å². The lowest BCUT2D eigenvalue weighted by Crippen LogP contribution is -2.42. The predicted molar refractivity (Wildman–Crippen MR) is 138 cm³/mol. The minimum Gasteiger partial charge on any atom is -0.416 e. The molecule has 0 aliphatic carbocycles. The number of sulfone groups is 1. The standard InChI is InChI=1S/C24H29ClFN3O4SSi/c1-24(2,3)35(5,6)33-14-17(15-7-8-18(25)19(26)13-15)21-16(9-11-27-22(21)30)20-10-12-28-23(29-20)34(4,31)32/h7-13,17H,14H2,1-6H3,(H,27,30)/t17-/m0/s1. The summed E-state index contributed by atoms with van der Waals surface area (Å²) in [6.45, 7) is 10.6. The maximum atomic E-state index is 14.5. The number of rotatable bonds is 7. The monoisotopic (exact) mass is 537 g/mol. The van der Waals surface area contributed by atoms with Crippen LogP contribution in [0.2, 0.25) is 23.2 Å². The van der Waals surface area contributed by atoms with Crippen LogP contribution in [0.5, 0.6) is 0 Å². The van der Waals surface area contributed by atoms with Crippen LogP contribution in [0.3, 0.4) is 0 Å². The molecule has 0 radical (unpaired) electrons. The molecule has 0 aliphatic rings. The second-order valence-electron chi connectivity index (χ2n) is 9.93. The van der Waals surface area contributed by atoms with Crippen LogP contribution in [0, 0.1) is 5.82 Å². The van der Waals surface area contributed by atoms with E-state index in [2.05, 4.69) is 48.8 Å². The highest BCUT2D eigenvalue weighted by molar-refractivity contribution is 7.90. The number of hydrogen-bond donors (Lipinski definition) is 1. The molecule has 0 bridgehead atoms. The second kappa shape index (κ2) is 9.92. The van der Waals surface area contributed by atoms with Gasteiger partial charge < -0.3 is 9.41 Å². The summed E-state index contributed by atoms with van der Waals surface area (Å²) in [5.74, 6) is -1.29. The van der Waals surface area contributed by atoms with Crippen molar-refractivity contribution >= 4 is 29.8 Å². The smallest absolute Gasteiger partial charge is 0.252 e. The summed E-state index contributed by atoms with van der Waals surface area (Å²) < 4.78 is 45.0. The van der Waals surface area contributed by atoms with Gasteiger partial charge in [-0.25, -0.2) is 22.8 Å². The molecule has 1 N–H and O–H groups in total. The molecule has 0 unspecified atom stereocenters. The van der Waals surface area contributed by atoms with Crippen LogP contribution < -0.4 is 5.56 Å². The van der Waals surface area contributed by atoms with E-state index in [0.717, 1.165) is 6.26 Å². The van der Waals surface area contributed by atoms with Gasteiger partial charge in [-0.15, -0.1) is 0 Å². The van der Waals surface area contributed by atoms with Gasteiger partial charge in [0.2, 0.25) is 15.0 Å². The molecule has 188 valence electrons. The SMILES string of the molecule is CC(C)(C)[Si](C)(C)OC[C@@H](c1ccc(Cl)c(F)c1)c1c(-c2ccnc(S(C)(=O)=O)n2)cc[nH]c1=O. The highest BCUT2D eigenvalue weighted by atomic mass is 35.5. The van der Waals surface area contributed by atoms with Crippen molar-refractivity contribution in [2.45, 2.75) is 50.0 Å². The third kappa shape index (κ3) is 6.06. The number of benzene rings is 1. The minimum absolute atomic E-state index is 0.0337. The molecule has 0 amide bonds. The third-order valence-corrected chi connectivity index (χ3v) is 12.0. The average Bonchev–Trinajstić information content (AvgIpc) is 2.75. The summed E-state index contributed by atoms with van der Waals surface area (Å²) in [6, 6.07) is 7.55. The molecule has 0 saturated carbocycles. The predicted octanol–water partition coefficient (Wildman–Crippen LogP) is 5.18. The Bertz CT molecular complexity index is 1400. The molecule has 0 fully saturated rings. The summed E-state index contributed by atoms with van der Waals surface area (Å²) in [5.41, 5.74) is 1.03. The normalized spacial score (nSPS) is 13.6. The molecule has 0 aliphatic heterocycles. The topological polar surface area (TPSA) is 102 Å². The van der Waals surface area contributed by atoms with Gasteiger partial charge in [-0.2, -0.15) is 0 Å². The number of aromatic nitrogens is 3. The van der Waals surface area contributed by atoms with Crippen molar-refractivity contribution in [2.24, 2.45) is 0 Å². The van der Waals surface area contributed by atoms with E-state index in [9.17, 15) is 17.6 Å². The van der Waals surface area contributed by atoms with Gasteiger partial charge in [0.1, 0.15) is 5.82 Å². The van der Waals surface area contributed by atoms with E-state index in [1.54, 1.807) is 12.1 Å². The Kier molecular flexibility index (Phi) is 7.71. The van der Waals surface area contributed by atoms with E-state index >= 15 is 0 Å². The number of hydrogen-bond acceptors (Lipinski definition) is 6. The molecule has 2 heterocycles. The highest BCUT2D eigenvalue weighted by Gasteiger charge is 2.38. The Morgan fingerprint density at radius 1 is 1.20 bits per heavy atom. The summed E-state index contributed by atoms with van der Waals surface area (Å²) in [4.78, 5) is 23.9. The first-order chi connectivity index (χ1) is 16.1. The van der Waals surface area contributed by atoms with Crippen molar-refractivity contribution in [1.82, 2.24) is 15.0 Å². The Hall–Kier alpha value is -2.40. The van der Waals surface area contributed by atoms with Crippen LogP contribution in [0.4, 0.5) is 4.39 Å². The van der Waals surface area contributed by atoms with Gasteiger partial charge in [0.25, 0.3) is 5.56 Å². The zero-order valence-electron chi connectivity index (χ0n) is 20.5. The fourth-order valence-electron chi connectivity index (χ4n) is 3.31. The molecule has 2 aromatic heterocycles. The third-order valence-electron chi connectivity index (χ3n) is 6.35. The van der Waals surface area contributed by atoms with E-state index in [1.165, 1.54) is 30.6 Å². The fourth-order valence-corrected chi connectivity index (χ4v) is 4.96. The van der Waals surface area contributed by atoms with E-state index in [4.69, 9.17) is 16.0 Å². The lowest BCUT2D eigenvalue weighted by molar-refractivity contribution is 0.275. The van der Waals surface area contributed by atoms with Gasteiger partial charge in [-0.1, -0.05) is 38.4 Å². The molecule has 7 nitrogen and oxygen atoms in total. The number of halogens is 2. The number of H-pyrrole nitrogens is 1. The first kappa shape index (κ1) is 27.2. The fraction of sp³-hybridized carbons (Fsp3) is 0.375. The summed E-state index contributed by atoms with van der Waals surface area (Å²) in [5, 5.41) is -0.479. The lowest BCUT2D eigenvalue weighted by Gasteiger charge is -2.37. The Labute approximate surface area is 210 Å².